The van der Waals surface area contributed by atoms with E-state index >= 15 is 0 Å². The van der Waals surface area contributed by atoms with Crippen LogP contribution in [0.3, 0.4) is 0 Å². The van der Waals surface area contributed by atoms with Gasteiger partial charge in [0.15, 0.2) is 6.54 Å². The van der Waals surface area contributed by atoms with Crippen LogP contribution in [0.5, 0.6) is 0 Å². The zero-order valence-corrected chi connectivity index (χ0v) is 37.8. The first-order chi connectivity index (χ1) is 22.6. The van der Waals surface area contributed by atoms with Crippen LogP contribution >= 0.6 is 11.8 Å². The maximum Gasteiger partial charge on any atom is 2.00 e. The number of anilines is 1. The molecule has 0 unspecified atom stereocenters. The molecule has 2 aliphatic heterocycles. The van der Waals surface area contributed by atoms with Gasteiger partial charge in [0.2, 0.25) is 5.04 Å². The van der Waals surface area contributed by atoms with E-state index in [0.29, 0.717) is 0 Å². The minimum Gasteiger partial charge on any atom is -0.358 e. The second kappa shape index (κ2) is 29.8. The van der Waals surface area contributed by atoms with Gasteiger partial charge in [-0.1, -0.05) is 178 Å². The van der Waals surface area contributed by atoms with Crippen LogP contribution in [0, 0.1) is 41.5 Å². The Balaban J connectivity index is 0. The van der Waals surface area contributed by atoms with E-state index in [1.807, 2.05) is 11.8 Å². The Kier molecular flexibility index (Phi) is 30.7. The number of unbranched alkanes of at least 4 members (excludes halogenated alkanes) is 1. The van der Waals surface area contributed by atoms with Crippen molar-refractivity contribution in [1.82, 2.24) is 0 Å². The number of para-hydroxylation sites is 1. The summed E-state index contributed by atoms with van der Waals surface area (Å²) >= 11 is 2.05. The first kappa shape index (κ1) is 53.7. The molecule has 4 fully saturated rings. The molecule has 0 bridgehead atoms. The molecule has 0 atom stereocenters. The fraction of sp³-hybridized carbons (Fsp3) is 0.681. The van der Waals surface area contributed by atoms with E-state index in [1.165, 1.54) is 189 Å². The predicted octanol–water partition coefficient (Wildman–Crippen LogP) is 14.4. The molecule has 0 aromatic heterocycles. The molecule has 2 heterocycles. The molecule has 1 aromatic carbocycles. The Hall–Kier alpha value is -0.441. The normalized spacial score (nSPS) is 21.0. The van der Waals surface area contributed by atoms with E-state index in [1.54, 1.807) is 0 Å². The standard InChI is InChI=1S/C33H49N2S.2C5H10.4CH3.2Fe/c1-33(2)29-19-7-8-20-30(29)35(24-10-9-17-27-13-3-4-14-27)31(33)21-11-22-32-34(25-26-36-32)23-12-18-28-15-5-6-16-28;2*1-2-4-5-3-1;;;;;;/h7-8,11,19-22,27-28H,3-6,9-10,12-18,23-26H2,1-2H3;2*1-5H2;4*1H3;;/q+1;;;4*-1;2*+2. The summed E-state index contributed by atoms with van der Waals surface area (Å²) in [6.07, 6.45) is 40.9. The number of allylic oxidation sites excluding steroid dienone is 3. The molecule has 0 saturated heterocycles. The van der Waals surface area contributed by atoms with Crippen LogP contribution in [0.1, 0.15) is 167 Å². The third kappa shape index (κ3) is 16.7. The minimum atomic E-state index is 0. The molecule has 7 rings (SSSR count). The van der Waals surface area contributed by atoms with Gasteiger partial charge in [-0.3, -0.25) is 0 Å². The molecule has 2 nitrogen and oxygen atoms in total. The average Bonchev–Trinajstić information content (AvgIpc) is 3.92. The predicted molar refractivity (Wildman–Crippen MR) is 230 cm³/mol. The Morgan fingerprint density at radius 3 is 1.73 bits per heavy atom. The third-order valence-corrected chi connectivity index (χ3v) is 13.0. The third-order valence-electron chi connectivity index (χ3n) is 11.9. The topological polar surface area (TPSA) is 6.25 Å². The van der Waals surface area contributed by atoms with Gasteiger partial charge >= 0.3 is 34.1 Å². The van der Waals surface area contributed by atoms with E-state index in [0.717, 1.165) is 18.4 Å². The smallest absolute Gasteiger partial charge is 0.358 e. The molecule has 0 spiro atoms. The van der Waals surface area contributed by atoms with Crippen molar-refractivity contribution in [3.8, 4) is 0 Å². The van der Waals surface area contributed by atoms with Gasteiger partial charge in [0.1, 0.15) is 6.54 Å². The SMILES string of the molecule is C1CCCC1.C1CCCC1.CC1(C)C(=CC=CC2=[N+](CCCC3CCCC3)CCS2)N(CCCCC2CCCC2)c2ccccc21.[CH3-].[CH3-].[CH3-].[CH3-].[Fe+2].[Fe+2]. The molecule has 4 aliphatic carbocycles. The maximum atomic E-state index is 2.64. The second-order valence-electron chi connectivity index (χ2n) is 15.9. The number of rotatable bonds is 11. The molecule has 1 aromatic rings. The fourth-order valence-electron chi connectivity index (χ4n) is 9.08. The van der Waals surface area contributed by atoms with E-state index in [-0.39, 0.29) is 69.3 Å². The average molecular weight is 818 g/mol. The van der Waals surface area contributed by atoms with Crippen LogP contribution in [0.15, 0.2) is 48.2 Å². The first-order valence-electron chi connectivity index (χ1n) is 20.1. The van der Waals surface area contributed by atoms with Crippen molar-refractivity contribution in [1.29, 1.82) is 0 Å². The Bertz CT molecular complexity index is 1100. The van der Waals surface area contributed by atoms with Crippen LogP contribution in [0.4, 0.5) is 5.69 Å². The fourth-order valence-corrected chi connectivity index (χ4v) is 10.1. The van der Waals surface area contributed by atoms with Crippen molar-refractivity contribution in [3.63, 3.8) is 0 Å². The van der Waals surface area contributed by atoms with Gasteiger partial charge in [0.05, 0.1) is 5.75 Å². The van der Waals surface area contributed by atoms with Gasteiger partial charge in [-0.25, -0.2) is 4.58 Å². The van der Waals surface area contributed by atoms with E-state index < -0.39 is 0 Å². The van der Waals surface area contributed by atoms with Crippen LogP contribution < -0.4 is 4.90 Å². The molecule has 0 amide bonds. The summed E-state index contributed by atoms with van der Waals surface area (Å²) < 4.78 is 2.64. The summed E-state index contributed by atoms with van der Waals surface area (Å²) in [5.74, 6) is 3.26. The molecule has 52 heavy (non-hydrogen) atoms. The molecule has 0 radical (unpaired) electrons. The van der Waals surface area contributed by atoms with E-state index in [9.17, 15) is 0 Å². The number of fused-ring (bicyclic) bond motifs is 1. The largest absolute Gasteiger partial charge is 2.00 e. The molecular weight excluding hydrogens is 736 g/mol. The first-order valence-corrected chi connectivity index (χ1v) is 21.1. The number of benzene rings is 1. The molecule has 0 N–H and O–H groups in total. The summed E-state index contributed by atoms with van der Waals surface area (Å²) in [4.78, 5) is 2.64. The number of hydrogen-bond acceptors (Lipinski definition) is 2. The van der Waals surface area contributed by atoms with Crippen LogP contribution in [0.25, 0.3) is 0 Å². The Morgan fingerprint density at radius 1 is 0.692 bits per heavy atom. The number of nitrogens with zero attached hydrogens (tertiary/aromatic N) is 2. The van der Waals surface area contributed by atoms with Crippen LogP contribution in [0.2, 0.25) is 0 Å². The second-order valence-corrected chi connectivity index (χ2v) is 17.0. The summed E-state index contributed by atoms with van der Waals surface area (Å²) in [6.45, 7) is 8.43. The van der Waals surface area contributed by atoms with Gasteiger partial charge < -0.3 is 34.6 Å². The van der Waals surface area contributed by atoms with Crippen molar-refractivity contribution < 1.29 is 38.7 Å². The van der Waals surface area contributed by atoms with Crippen molar-refractivity contribution in [3.05, 3.63) is 83.5 Å². The summed E-state index contributed by atoms with van der Waals surface area (Å²) in [7, 11) is 0. The monoisotopic (exact) mass is 817 g/mol. The molecule has 6 aliphatic rings. The number of thioether (sulfide) groups is 1. The van der Waals surface area contributed by atoms with Crippen molar-refractivity contribution in [2.24, 2.45) is 11.8 Å². The van der Waals surface area contributed by atoms with Gasteiger partial charge in [-0.2, -0.15) is 0 Å². The number of hydrogen-bond donors (Lipinski definition) is 0. The summed E-state index contributed by atoms with van der Waals surface area (Å²) in [5.41, 5.74) is 4.44. The minimum absolute atomic E-state index is 0. The molecular formula is C47H81Fe2N2S+. The summed E-state index contributed by atoms with van der Waals surface area (Å²) in [5, 5.41) is 1.48. The van der Waals surface area contributed by atoms with Crippen molar-refractivity contribution >= 4 is 22.5 Å². The molecule has 5 heteroatoms. The maximum absolute atomic E-state index is 2.64. The molecule has 4 saturated carbocycles. The summed E-state index contributed by atoms with van der Waals surface area (Å²) in [6, 6.07) is 9.12. The van der Waals surface area contributed by atoms with E-state index in [2.05, 4.69) is 65.8 Å². The van der Waals surface area contributed by atoms with E-state index in [4.69, 9.17) is 0 Å². The van der Waals surface area contributed by atoms with Crippen LogP contribution in [-0.2, 0) is 39.6 Å². The van der Waals surface area contributed by atoms with Gasteiger partial charge in [-0.15, -0.1) is 0 Å². The Morgan fingerprint density at radius 2 is 1.19 bits per heavy atom. The van der Waals surface area contributed by atoms with Gasteiger partial charge in [0, 0.05) is 35.8 Å². The zero-order chi connectivity index (χ0) is 31.9. The zero-order valence-electron chi connectivity index (χ0n) is 34.8. The Labute approximate surface area is 351 Å². The van der Waals surface area contributed by atoms with Gasteiger partial charge in [0.25, 0.3) is 0 Å². The van der Waals surface area contributed by atoms with Crippen molar-refractivity contribution in [2.45, 2.75) is 167 Å². The quantitative estimate of drug-likeness (QED) is 0.0950. The molecule has 300 valence electrons. The van der Waals surface area contributed by atoms with Crippen LogP contribution in [-0.4, -0.2) is 35.0 Å². The van der Waals surface area contributed by atoms with Gasteiger partial charge in [-0.05, 0) is 42.4 Å². The van der Waals surface area contributed by atoms with Crippen molar-refractivity contribution in [2.75, 3.05) is 30.3 Å².